The van der Waals surface area contributed by atoms with Gasteiger partial charge in [0.05, 0.1) is 27.6 Å². The Bertz CT molecular complexity index is 415. The van der Waals surface area contributed by atoms with Crippen LogP contribution in [0.5, 0.6) is 0 Å². The second kappa shape index (κ2) is 7.56. The van der Waals surface area contributed by atoms with Gasteiger partial charge in [-0.05, 0) is 25.1 Å². The van der Waals surface area contributed by atoms with E-state index < -0.39 is 28.5 Å². The second-order valence-electron chi connectivity index (χ2n) is 3.94. The van der Waals surface area contributed by atoms with Crippen LogP contribution in [-0.4, -0.2) is 34.3 Å². The summed E-state index contributed by atoms with van der Waals surface area (Å²) in [5.41, 5.74) is 0. The van der Waals surface area contributed by atoms with Crippen LogP contribution in [0.4, 0.5) is 8.78 Å². The van der Waals surface area contributed by atoms with Crippen LogP contribution in [0.15, 0.2) is 23.1 Å². The molecule has 2 unspecified atom stereocenters. The maximum Gasteiger partial charge on any atom is 0.142 e. The summed E-state index contributed by atoms with van der Waals surface area (Å²) in [6, 6.07) is 2.89. The van der Waals surface area contributed by atoms with Crippen molar-refractivity contribution in [2.75, 3.05) is 18.8 Å². The van der Waals surface area contributed by atoms with E-state index in [0.29, 0.717) is 12.6 Å². The van der Waals surface area contributed by atoms with Gasteiger partial charge in [0.25, 0.3) is 0 Å². The minimum atomic E-state index is -1.67. The summed E-state index contributed by atoms with van der Waals surface area (Å²) in [4.78, 5) is -0.0778. The van der Waals surface area contributed by atoms with Gasteiger partial charge in [-0.3, -0.25) is 4.21 Å². The van der Waals surface area contributed by atoms with Gasteiger partial charge in [-0.1, -0.05) is 6.92 Å². The monoisotopic (exact) mass is 277 g/mol. The number of rotatable bonds is 7. The fourth-order valence-electron chi connectivity index (χ4n) is 1.43. The number of aliphatic hydroxyl groups is 1. The summed E-state index contributed by atoms with van der Waals surface area (Å²) in [6.45, 7) is 3.06. The third-order valence-electron chi connectivity index (χ3n) is 2.29. The van der Waals surface area contributed by atoms with Crippen LogP contribution in [0.1, 0.15) is 13.3 Å². The predicted octanol–water partition coefficient (Wildman–Crippen LogP) is 1.43. The fourth-order valence-corrected chi connectivity index (χ4v) is 2.57. The van der Waals surface area contributed by atoms with Crippen LogP contribution in [-0.2, 0) is 10.8 Å². The van der Waals surface area contributed by atoms with E-state index in [2.05, 4.69) is 5.32 Å². The lowest BCUT2D eigenvalue weighted by molar-refractivity contribution is 0.195. The van der Waals surface area contributed by atoms with Crippen molar-refractivity contribution in [2.45, 2.75) is 24.3 Å². The molecule has 0 aromatic heterocycles. The van der Waals surface area contributed by atoms with Crippen LogP contribution in [0.3, 0.4) is 0 Å². The third kappa shape index (κ3) is 4.80. The molecule has 1 aromatic rings. The zero-order valence-electron chi connectivity index (χ0n) is 10.2. The molecule has 2 atom stereocenters. The van der Waals surface area contributed by atoms with Crippen molar-refractivity contribution in [3.05, 3.63) is 29.8 Å². The lowest BCUT2D eigenvalue weighted by Crippen LogP contribution is -2.31. The predicted molar refractivity (Wildman–Crippen MR) is 66.8 cm³/mol. The number of halogens is 2. The van der Waals surface area contributed by atoms with Crippen molar-refractivity contribution in [1.29, 1.82) is 0 Å². The molecule has 6 heteroatoms. The van der Waals surface area contributed by atoms with E-state index in [1.807, 2.05) is 6.92 Å². The van der Waals surface area contributed by atoms with Crippen molar-refractivity contribution >= 4 is 10.8 Å². The molecule has 0 aliphatic heterocycles. The van der Waals surface area contributed by atoms with Crippen molar-refractivity contribution < 1.29 is 18.1 Å². The maximum atomic E-state index is 13.3. The minimum absolute atomic E-state index is 0.0702. The number of nitrogens with one attached hydrogen (secondary N) is 1. The average Bonchev–Trinajstić information content (AvgIpc) is 2.28. The Hall–Kier alpha value is -0.850. The van der Waals surface area contributed by atoms with Crippen molar-refractivity contribution in [3.63, 3.8) is 0 Å². The van der Waals surface area contributed by atoms with Crippen LogP contribution in [0.25, 0.3) is 0 Å². The number of benzene rings is 1. The van der Waals surface area contributed by atoms with Crippen molar-refractivity contribution in [1.82, 2.24) is 5.32 Å². The van der Waals surface area contributed by atoms with Gasteiger partial charge < -0.3 is 10.4 Å². The maximum absolute atomic E-state index is 13.3. The lowest BCUT2D eigenvalue weighted by Gasteiger charge is -2.11. The standard InChI is InChI=1S/C12H17F2NO2S/c1-2-5-15-7-10(16)8-18(17)12-4-3-9(13)6-11(12)14/h3-4,6,10,15-16H,2,5,7-8H2,1H3. The molecule has 0 heterocycles. The first-order chi connectivity index (χ1) is 8.54. The molecule has 102 valence electrons. The molecule has 0 aliphatic carbocycles. The molecule has 3 nitrogen and oxygen atoms in total. The van der Waals surface area contributed by atoms with E-state index in [9.17, 15) is 18.1 Å². The largest absolute Gasteiger partial charge is 0.391 e. The van der Waals surface area contributed by atoms with Gasteiger partial charge in [-0.2, -0.15) is 0 Å². The number of hydrogen-bond acceptors (Lipinski definition) is 3. The van der Waals surface area contributed by atoms with Crippen LogP contribution in [0.2, 0.25) is 0 Å². The Morgan fingerprint density at radius 2 is 2.17 bits per heavy atom. The zero-order chi connectivity index (χ0) is 13.5. The molecule has 0 fully saturated rings. The molecule has 0 amide bonds. The van der Waals surface area contributed by atoms with Crippen LogP contribution < -0.4 is 5.32 Å². The molecule has 0 saturated carbocycles. The fraction of sp³-hybridized carbons (Fsp3) is 0.500. The van der Waals surface area contributed by atoms with Gasteiger partial charge in [-0.15, -0.1) is 0 Å². The average molecular weight is 277 g/mol. The topological polar surface area (TPSA) is 49.3 Å². The highest BCUT2D eigenvalue weighted by molar-refractivity contribution is 7.85. The van der Waals surface area contributed by atoms with Crippen molar-refractivity contribution in [3.8, 4) is 0 Å². The highest BCUT2D eigenvalue weighted by Crippen LogP contribution is 2.14. The van der Waals surface area contributed by atoms with E-state index in [-0.39, 0.29) is 10.6 Å². The summed E-state index contributed by atoms with van der Waals surface area (Å²) in [5.74, 6) is -1.63. The normalized spacial score (nSPS) is 14.4. The van der Waals surface area contributed by atoms with Gasteiger partial charge in [0.15, 0.2) is 0 Å². The molecule has 1 rings (SSSR count). The van der Waals surface area contributed by atoms with E-state index in [0.717, 1.165) is 25.1 Å². The summed E-state index contributed by atoms with van der Waals surface area (Å²) in [5, 5.41) is 12.6. The molecule has 0 spiro atoms. The third-order valence-corrected chi connectivity index (χ3v) is 3.80. The Kier molecular flexibility index (Phi) is 6.38. The van der Waals surface area contributed by atoms with E-state index in [1.54, 1.807) is 0 Å². The van der Waals surface area contributed by atoms with E-state index >= 15 is 0 Å². The molecular formula is C12H17F2NO2S. The molecular weight excluding hydrogens is 260 g/mol. The van der Waals surface area contributed by atoms with Gasteiger partial charge >= 0.3 is 0 Å². The SMILES string of the molecule is CCCNCC(O)CS(=O)c1ccc(F)cc1F. The number of hydrogen-bond donors (Lipinski definition) is 2. The molecule has 0 bridgehead atoms. The minimum Gasteiger partial charge on any atom is -0.391 e. The quantitative estimate of drug-likeness (QED) is 0.741. The Labute approximate surface area is 108 Å². The smallest absolute Gasteiger partial charge is 0.142 e. The molecule has 0 radical (unpaired) electrons. The first kappa shape index (κ1) is 15.2. The Morgan fingerprint density at radius 1 is 1.44 bits per heavy atom. The first-order valence-electron chi connectivity index (χ1n) is 5.76. The summed E-state index contributed by atoms with van der Waals surface area (Å²) in [7, 11) is -1.67. The molecule has 1 aromatic carbocycles. The first-order valence-corrected chi connectivity index (χ1v) is 7.08. The number of aliphatic hydroxyl groups excluding tert-OH is 1. The van der Waals surface area contributed by atoms with Gasteiger partial charge in [-0.25, -0.2) is 8.78 Å². The molecule has 2 N–H and O–H groups in total. The van der Waals surface area contributed by atoms with Gasteiger partial charge in [0, 0.05) is 12.6 Å². The Balaban J connectivity index is 2.54. The molecule has 0 saturated heterocycles. The van der Waals surface area contributed by atoms with Crippen LogP contribution in [0, 0.1) is 11.6 Å². The van der Waals surface area contributed by atoms with E-state index in [1.165, 1.54) is 0 Å². The highest BCUT2D eigenvalue weighted by atomic mass is 32.2. The summed E-state index contributed by atoms with van der Waals surface area (Å²) < 4.78 is 37.8. The van der Waals surface area contributed by atoms with Crippen LogP contribution >= 0.6 is 0 Å². The lowest BCUT2D eigenvalue weighted by atomic mass is 10.3. The van der Waals surface area contributed by atoms with Gasteiger partial charge in [0.1, 0.15) is 11.6 Å². The van der Waals surface area contributed by atoms with E-state index in [4.69, 9.17) is 0 Å². The zero-order valence-corrected chi connectivity index (χ0v) is 11.0. The second-order valence-corrected chi connectivity index (χ2v) is 5.41. The summed E-state index contributed by atoms with van der Waals surface area (Å²) >= 11 is 0. The molecule has 18 heavy (non-hydrogen) atoms. The van der Waals surface area contributed by atoms with Gasteiger partial charge in [0.2, 0.25) is 0 Å². The molecule has 0 aliphatic rings. The Morgan fingerprint density at radius 3 is 2.78 bits per heavy atom. The highest BCUT2D eigenvalue weighted by Gasteiger charge is 2.15. The van der Waals surface area contributed by atoms with Crippen molar-refractivity contribution in [2.24, 2.45) is 0 Å². The summed E-state index contributed by atoms with van der Waals surface area (Å²) in [6.07, 6.45) is 0.115.